The smallest absolute Gasteiger partial charge is 0.126 e. The lowest BCUT2D eigenvalue weighted by atomic mass is 9.98. The molecule has 0 amide bonds. The highest BCUT2D eigenvalue weighted by atomic mass is 79.9. The summed E-state index contributed by atoms with van der Waals surface area (Å²) in [5.41, 5.74) is 2.88. The summed E-state index contributed by atoms with van der Waals surface area (Å²) in [4.78, 5) is 0. The Balaban J connectivity index is 2.40. The molecule has 3 heteroatoms. The molecule has 0 heterocycles. The lowest BCUT2D eigenvalue weighted by Gasteiger charge is -2.16. The highest BCUT2D eigenvalue weighted by Crippen LogP contribution is 2.32. The molecular formula is C16H17BrO2. The highest BCUT2D eigenvalue weighted by Gasteiger charge is 2.15. The van der Waals surface area contributed by atoms with Gasteiger partial charge in [-0.15, -0.1) is 0 Å². The topological polar surface area (TPSA) is 29.5 Å². The molecule has 2 aromatic rings. The Bertz CT molecular complexity index is 566. The lowest BCUT2D eigenvalue weighted by Crippen LogP contribution is -2.03. The van der Waals surface area contributed by atoms with E-state index < -0.39 is 6.10 Å². The largest absolute Gasteiger partial charge is 0.496 e. The van der Waals surface area contributed by atoms with Crippen LogP contribution in [0.5, 0.6) is 5.75 Å². The van der Waals surface area contributed by atoms with E-state index >= 15 is 0 Å². The minimum atomic E-state index is -0.672. The summed E-state index contributed by atoms with van der Waals surface area (Å²) in [5.74, 6) is 0.684. The Morgan fingerprint density at radius 3 is 2.68 bits per heavy atom. The van der Waals surface area contributed by atoms with Crippen molar-refractivity contribution >= 4 is 15.9 Å². The summed E-state index contributed by atoms with van der Waals surface area (Å²) in [5, 5.41) is 10.5. The van der Waals surface area contributed by atoms with E-state index in [1.807, 2.05) is 36.4 Å². The van der Waals surface area contributed by atoms with Gasteiger partial charge >= 0.3 is 0 Å². The number of halogens is 1. The monoisotopic (exact) mass is 320 g/mol. The molecule has 0 saturated heterocycles. The second-order valence-corrected chi connectivity index (χ2v) is 5.30. The molecule has 0 fully saturated rings. The van der Waals surface area contributed by atoms with Crippen molar-refractivity contribution in [2.75, 3.05) is 7.11 Å². The zero-order valence-electron chi connectivity index (χ0n) is 11.1. The molecule has 1 N–H and O–H groups in total. The van der Waals surface area contributed by atoms with Crippen LogP contribution in [0.1, 0.15) is 29.7 Å². The van der Waals surface area contributed by atoms with Crippen LogP contribution < -0.4 is 4.74 Å². The Kier molecular flexibility index (Phi) is 4.61. The van der Waals surface area contributed by atoms with Gasteiger partial charge in [0.1, 0.15) is 11.9 Å². The number of benzene rings is 2. The van der Waals surface area contributed by atoms with Crippen molar-refractivity contribution in [1.82, 2.24) is 0 Å². The molecule has 0 bridgehead atoms. The van der Waals surface area contributed by atoms with Gasteiger partial charge in [-0.05, 0) is 29.7 Å². The minimum Gasteiger partial charge on any atom is -0.496 e. The molecular weight excluding hydrogens is 304 g/mol. The molecule has 19 heavy (non-hydrogen) atoms. The number of aryl methyl sites for hydroxylation is 1. The second kappa shape index (κ2) is 6.22. The van der Waals surface area contributed by atoms with E-state index in [1.165, 1.54) is 5.56 Å². The molecule has 0 aliphatic carbocycles. The van der Waals surface area contributed by atoms with Gasteiger partial charge in [0.2, 0.25) is 0 Å². The third-order valence-electron chi connectivity index (χ3n) is 3.17. The maximum Gasteiger partial charge on any atom is 0.126 e. The van der Waals surface area contributed by atoms with Crippen LogP contribution in [0.3, 0.4) is 0 Å². The van der Waals surface area contributed by atoms with E-state index in [0.717, 1.165) is 22.0 Å². The van der Waals surface area contributed by atoms with E-state index in [0.29, 0.717) is 5.75 Å². The second-order valence-electron chi connectivity index (χ2n) is 4.39. The first-order chi connectivity index (χ1) is 9.15. The Hall–Kier alpha value is -1.32. The standard InChI is InChI=1S/C16H17BrO2/c1-3-11-5-4-6-12(9-11)16(18)14-8-7-13(17)10-15(14)19-2/h4-10,16,18H,3H2,1-2H3. The average Bonchev–Trinajstić information content (AvgIpc) is 2.46. The Morgan fingerprint density at radius 1 is 1.21 bits per heavy atom. The van der Waals surface area contributed by atoms with E-state index in [9.17, 15) is 5.11 Å². The van der Waals surface area contributed by atoms with Crippen molar-refractivity contribution in [3.63, 3.8) is 0 Å². The number of hydrogen-bond donors (Lipinski definition) is 1. The molecule has 0 radical (unpaired) electrons. The summed E-state index contributed by atoms with van der Waals surface area (Å²) >= 11 is 3.40. The van der Waals surface area contributed by atoms with Crippen LogP contribution in [0.25, 0.3) is 0 Å². The van der Waals surface area contributed by atoms with E-state index in [4.69, 9.17) is 4.74 Å². The lowest BCUT2D eigenvalue weighted by molar-refractivity contribution is 0.214. The van der Waals surface area contributed by atoms with Gasteiger partial charge in [0.05, 0.1) is 7.11 Å². The van der Waals surface area contributed by atoms with Crippen molar-refractivity contribution in [3.8, 4) is 5.75 Å². The fraction of sp³-hybridized carbons (Fsp3) is 0.250. The van der Waals surface area contributed by atoms with Gasteiger partial charge in [0.25, 0.3) is 0 Å². The van der Waals surface area contributed by atoms with Gasteiger partial charge in [-0.2, -0.15) is 0 Å². The molecule has 1 unspecified atom stereocenters. The van der Waals surface area contributed by atoms with Crippen LogP contribution in [0, 0.1) is 0 Å². The normalized spacial score (nSPS) is 12.2. The van der Waals surface area contributed by atoms with Crippen molar-refractivity contribution in [2.45, 2.75) is 19.4 Å². The van der Waals surface area contributed by atoms with Gasteiger partial charge in [0, 0.05) is 10.0 Å². The minimum absolute atomic E-state index is 0.672. The van der Waals surface area contributed by atoms with Crippen LogP contribution in [0.2, 0.25) is 0 Å². The van der Waals surface area contributed by atoms with Crippen molar-refractivity contribution in [1.29, 1.82) is 0 Å². The number of aliphatic hydroxyl groups is 1. The van der Waals surface area contributed by atoms with Gasteiger partial charge in [-0.3, -0.25) is 0 Å². The summed E-state index contributed by atoms with van der Waals surface area (Å²) < 4.78 is 6.27. The Morgan fingerprint density at radius 2 is 2.00 bits per heavy atom. The number of rotatable bonds is 4. The third kappa shape index (κ3) is 3.17. The van der Waals surface area contributed by atoms with Crippen LogP contribution >= 0.6 is 15.9 Å². The maximum atomic E-state index is 10.5. The molecule has 2 rings (SSSR count). The SMILES string of the molecule is CCc1cccc(C(O)c2ccc(Br)cc2OC)c1. The Labute approximate surface area is 122 Å². The first kappa shape index (κ1) is 14.1. The summed E-state index contributed by atoms with van der Waals surface area (Å²) in [6, 6.07) is 13.7. The predicted molar refractivity (Wildman–Crippen MR) is 80.6 cm³/mol. The first-order valence-electron chi connectivity index (χ1n) is 6.26. The highest BCUT2D eigenvalue weighted by molar-refractivity contribution is 9.10. The summed E-state index contributed by atoms with van der Waals surface area (Å²) in [7, 11) is 1.61. The fourth-order valence-corrected chi connectivity index (χ4v) is 2.41. The summed E-state index contributed by atoms with van der Waals surface area (Å²) in [6.07, 6.45) is 0.285. The fourth-order valence-electron chi connectivity index (χ4n) is 2.07. The molecule has 0 aliphatic rings. The van der Waals surface area contributed by atoms with Crippen LogP contribution in [0.4, 0.5) is 0 Å². The molecule has 0 saturated carbocycles. The molecule has 100 valence electrons. The number of aliphatic hydroxyl groups excluding tert-OH is 1. The number of ether oxygens (including phenoxy) is 1. The zero-order valence-corrected chi connectivity index (χ0v) is 12.6. The number of hydrogen-bond acceptors (Lipinski definition) is 2. The first-order valence-corrected chi connectivity index (χ1v) is 7.05. The van der Waals surface area contributed by atoms with E-state index in [1.54, 1.807) is 7.11 Å². The van der Waals surface area contributed by atoms with Crippen molar-refractivity contribution in [2.24, 2.45) is 0 Å². The molecule has 0 aliphatic heterocycles. The van der Waals surface area contributed by atoms with Crippen molar-refractivity contribution < 1.29 is 9.84 Å². The molecule has 2 nitrogen and oxygen atoms in total. The van der Waals surface area contributed by atoms with Gasteiger partial charge in [0.15, 0.2) is 0 Å². The third-order valence-corrected chi connectivity index (χ3v) is 3.66. The molecule has 1 atom stereocenters. The van der Waals surface area contributed by atoms with Gasteiger partial charge < -0.3 is 9.84 Å². The molecule has 0 aromatic heterocycles. The van der Waals surface area contributed by atoms with E-state index in [2.05, 4.69) is 28.9 Å². The quantitative estimate of drug-likeness (QED) is 0.918. The van der Waals surface area contributed by atoms with Crippen LogP contribution in [-0.4, -0.2) is 12.2 Å². The van der Waals surface area contributed by atoms with Crippen LogP contribution in [-0.2, 0) is 6.42 Å². The summed E-state index contributed by atoms with van der Waals surface area (Å²) in [6.45, 7) is 2.10. The van der Waals surface area contributed by atoms with Crippen LogP contribution in [0.15, 0.2) is 46.9 Å². The average molecular weight is 321 g/mol. The van der Waals surface area contributed by atoms with Gasteiger partial charge in [-0.25, -0.2) is 0 Å². The molecule has 2 aromatic carbocycles. The van der Waals surface area contributed by atoms with E-state index in [-0.39, 0.29) is 0 Å². The predicted octanol–water partition coefficient (Wildman–Crippen LogP) is 4.10. The number of methoxy groups -OCH3 is 1. The zero-order chi connectivity index (χ0) is 13.8. The maximum absolute atomic E-state index is 10.5. The molecule has 0 spiro atoms. The van der Waals surface area contributed by atoms with Gasteiger partial charge in [-0.1, -0.05) is 53.2 Å². The van der Waals surface area contributed by atoms with Crippen molar-refractivity contribution in [3.05, 3.63) is 63.6 Å².